The summed E-state index contributed by atoms with van der Waals surface area (Å²) in [5.41, 5.74) is 4.81. The fourth-order valence-corrected chi connectivity index (χ4v) is 2.64. The number of nitrogens with zero attached hydrogens (tertiary/aromatic N) is 2. The van der Waals surface area contributed by atoms with Gasteiger partial charge in [-0.1, -0.05) is 30.3 Å². The number of hydrazone groups is 1. The molecule has 9 heteroatoms. The highest BCUT2D eigenvalue weighted by molar-refractivity contribution is 5.94. The second-order valence-corrected chi connectivity index (χ2v) is 6.08. The van der Waals surface area contributed by atoms with Gasteiger partial charge >= 0.3 is 5.97 Å². The topological polar surface area (TPSA) is 115 Å². The molecule has 0 atom stereocenters. The van der Waals surface area contributed by atoms with Crippen molar-refractivity contribution in [2.45, 2.75) is 6.92 Å². The molecule has 0 aliphatic carbocycles. The minimum absolute atomic E-state index is 0.166. The van der Waals surface area contributed by atoms with Crippen LogP contribution in [-0.4, -0.2) is 42.5 Å². The van der Waals surface area contributed by atoms with Gasteiger partial charge in [0.2, 0.25) is 5.75 Å². The molecule has 0 saturated carbocycles. The molecule has 1 heterocycles. The molecule has 0 aliphatic heterocycles. The van der Waals surface area contributed by atoms with E-state index in [4.69, 9.17) is 14.2 Å². The Hall–Kier alpha value is -4.14. The van der Waals surface area contributed by atoms with Crippen molar-refractivity contribution in [1.29, 1.82) is 0 Å². The van der Waals surface area contributed by atoms with Crippen molar-refractivity contribution in [2.24, 2.45) is 5.10 Å². The number of nitrogens with one attached hydrogen (secondary N) is 2. The smallest absolute Gasteiger partial charge is 0.308 e. The van der Waals surface area contributed by atoms with Gasteiger partial charge in [-0.05, 0) is 18.2 Å². The molecule has 1 amide bonds. The van der Waals surface area contributed by atoms with Crippen LogP contribution in [0.15, 0.2) is 53.6 Å². The molecule has 0 fully saturated rings. The van der Waals surface area contributed by atoms with Gasteiger partial charge in [-0.15, -0.1) is 0 Å². The molecule has 30 heavy (non-hydrogen) atoms. The highest BCUT2D eigenvalue weighted by Gasteiger charge is 2.16. The Kier molecular flexibility index (Phi) is 6.43. The van der Waals surface area contributed by atoms with Gasteiger partial charge in [-0.3, -0.25) is 14.7 Å². The summed E-state index contributed by atoms with van der Waals surface area (Å²) in [4.78, 5) is 23.6. The van der Waals surface area contributed by atoms with Crippen molar-refractivity contribution in [3.8, 4) is 28.5 Å². The zero-order valence-corrected chi connectivity index (χ0v) is 16.6. The second kappa shape index (κ2) is 9.37. The number of hydrogen-bond donors (Lipinski definition) is 2. The summed E-state index contributed by atoms with van der Waals surface area (Å²) in [6.45, 7) is 1.28. The van der Waals surface area contributed by atoms with E-state index in [2.05, 4.69) is 20.7 Å². The summed E-state index contributed by atoms with van der Waals surface area (Å²) in [6.07, 6.45) is 1.41. The standard InChI is InChI=1S/C21H20N4O5/c1-13(26)30-20-18(28-2)9-14(10-19(20)29-3)12-22-25-21(27)17-11-16(23-24-17)15-7-5-4-6-8-15/h4-12H,1-3H3,(H,23,24)(H,25,27). The maximum Gasteiger partial charge on any atom is 0.308 e. The number of rotatable bonds is 7. The third-order valence-electron chi connectivity index (χ3n) is 4.00. The van der Waals surface area contributed by atoms with E-state index in [0.29, 0.717) is 22.8 Å². The molecule has 1 aromatic heterocycles. The van der Waals surface area contributed by atoms with Crippen molar-refractivity contribution in [1.82, 2.24) is 15.6 Å². The van der Waals surface area contributed by atoms with Gasteiger partial charge in [0.25, 0.3) is 5.91 Å². The lowest BCUT2D eigenvalue weighted by molar-refractivity contribution is -0.132. The van der Waals surface area contributed by atoms with Crippen LogP contribution in [0.2, 0.25) is 0 Å². The van der Waals surface area contributed by atoms with Crippen LogP contribution in [0.3, 0.4) is 0 Å². The fraction of sp³-hybridized carbons (Fsp3) is 0.143. The highest BCUT2D eigenvalue weighted by atomic mass is 16.6. The van der Waals surface area contributed by atoms with Gasteiger partial charge < -0.3 is 14.2 Å². The van der Waals surface area contributed by atoms with Gasteiger partial charge in [0.15, 0.2) is 11.5 Å². The Morgan fingerprint density at radius 2 is 1.73 bits per heavy atom. The average molecular weight is 408 g/mol. The average Bonchev–Trinajstić information content (AvgIpc) is 3.25. The number of esters is 1. The number of benzene rings is 2. The first-order chi connectivity index (χ1) is 14.5. The Morgan fingerprint density at radius 1 is 1.07 bits per heavy atom. The minimum Gasteiger partial charge on any atom is -0.493 e. The SMILES string of the molecule is COc1cc(C=NNC(=O)c2cc(-c3ccccc3)n[nH]2)cc(OC)c1OC(C)=O. The zero-order chi connectivity index (χ0) is 21.5. The Morgan fingerprint density at radius 3 is 2.33 bits per heavy atom. The maximum absolute atomic E-state index is 12.3. The molecule has 154 valence electrons. The van der Waals surface area contributed by atoms with Crippen LogP contribution in [0.25, 0.3) is 11.3 Å². The van der Waals surface area contributed by atoms with E-state index in [9.17, 15) is 9.59 Å². The van der Waals surface area contributed by atoms with Crippen LogP contribution in [0.4, 0.5) is 0 Å². The third-order valence-corrected chi connectivity index (χ3v) is 4.00. The molecule has 0 bridgehead atoms. The van der Waals surface area contributed by atoms with E-state index in [1.807, 2.05) is 30.3 Å². The molecular formula is C21H20N4O5. The predicted octanol–water partition coefficient (Wildman–Crippen LogP) is 2.78. The normalized spacial score (nSPS) is 10.6. The fourth-order valence-electron chi connectivity index (χ4n) is 2.64. The summed E-state index contributed by atoms with van der Waals surface area (Å²) in [6, 6.07) is 14.3. The Bertz CT molecular complexity index is 1050. The molecule has 0 aliphatic rings. The molecule has 0 spiro atoms. The molecular weight excluding hydrogens is 388 g/mol. The first kappa shape index (κ1) is 20.6. The number of carbonyl (C=O) groups is 2. The highest BCUT2D eigenvalue weighted by Crippen LogP contribution is 2.38. The summed E-state index contributed by atoms with van der Waals surface area (Å²) in [5, 5.41) is 10.8. The van der Waals surface area contributed by atoms with Gasteiger partial charge in [0.1, 0.15) is 5.69 Å². The molecule has 3 aromatic rings. The van der Waals surface area contributed by atoms with Gasteiger partial charge in [-0.25, -0.2) is 5.43 Å². The maximum atomic E-state index is 12.3. The van der Waals surface area contributed by atoms with Gasteiger partial charge in [0.05, 0.1) is 26.1 Å². The van der Waals surface area contributed by atoms with Crippen LogP contribution in [0.5, 0.6) is 17.2 Å². The molecule has 3 rings (SSSR count). The molecule has 2 N–H and O–H groups in total. The Balaban J connectivity index is 1.72. The van der Waals surface area contributed by atoms with Crippen LogP contribution < -0.4 is 19.6 Å². The molecule has 9 nitrogen and oxygen atoms in total. The van der Waals surface area contributed by atoms with Crippen LogP contribution in [0, 0.1) is 0 Å². The van der Waals surface area contributed by atoms with Crippen molar-refractivity contribution in [2.75, 3.05) is 14.2 Å². The lowest BCUT2D eigenvalue weighted by Gasteiger charge is -2.13. The van der Waals surface area contributed by atoms with E-state index < -0.39 is 11.9 Å². The van der Waals surface area contributed by atoms with Crippen LogP contribution in [0.1, 0.15) is 23.0 Å². The third kappa shape index (κ3) is 4.82. The number of carbonyl (C=O) groups excluding carboxylic acids is 2. The van der Waals surface area contributed by atoms with Crippen LogP contribution in [-0.2, 0) is 4.79 Å². The van der Waals surface area contributed by atoms with Crippen LogP contribution >= 0.6 is 0 Å². The number of amides is 1. The molecule has 2 aromatic carbocycles. The first-order valence-electron chi connectivity index (χ1n) is 8.90. The summed E-state index contributed by atoms with van der Waals surface area (Å²) in [7, 11) is 2.88. The molecule has 0 radical (unpaired) electrons. The largest absolute Gasteiger partial charge is 0.493 e. The molecule has 0 unspecified atom stereocenters. The van der Waals surface area contributed by atoms with E-state index in [-0.39, 0.29) is 11.4 Å². The second-order valence-electron chi connectivity index (χ2n) is 6.08. The molecule has 0 saturated heterocycles. The quantitative estimate of drug-likeness (QED) is 0.269. The number of aromatic nitrogens is 2. The van der Waals surface area contributed by atoms with Crippen molar-refractivity contribution in [3.63, 3.8) is 0 Å². The number of aromatic amines is 1. The lowest BCUT2D eigenvalue weighted by Crippen LogP contribution is -2.18. The van der Waals surface area contributed by atoms with Crippen molar-refractivity contribution >= 4 is 18.1 Å². The van der Waals surface area contributed by atoms with Gasteiger partial charge in [0, 0.05) is 18.1 Å². The minimum atomic E-state index is -0.505. The first-order valence-corrected chi connectivity index (χ1v) is 8.90. The van der Waals surface area contributed by atoms with Gasteiger partial charge in [-0.2, -0.15) is 10.2 Å². The van der Waals surface area contributed by atoms with Crippen molar-refractivity contribution < 1.29 is 23.8 Å². The number of methoxy groups -OCH3 is 2. The number of H-pyrrole nitrogens is 1. The summed E-state index contributed by atoms with van der Waals surface area (Å²) in [5.74, 6) is -0.206. The van der Waals surface area contributed by atoms with E-state index in [0.717, 1.165) is 5.56 Å². The van der Waals surface area contributed by atoms with E-state index in [1.54, 1.807) is 18.2 Å². The predicted molar refractivity (Wildman–Crippen MR) is 110 cm³/mol. The summed E-state index contributed by atoms with van der Waals surface area (Å²) >= 11 is 0. The number of hydrogen-bond acceptors (Lipinski definition) is 7. The lowest BCUT2D eigenvalue weighted by atomic mass is 10.1. The zero-order valence-electron chi connectivity index (χ0n) is 16.6. The Labute approximate surface area is 172 Å². The number of ether oxygens (including phenoxy) is 3. The van der Waals surface area contributed by atoms with E-state index >= 15 is 0 Å². The van der Waals surface area contributed by atoms with E-state index in [1.165, 1.54) is 27.4 Å². The monoisotopic (exact) mass is 408 g/mol. The summed E-state index contributed by atoms with van der Waals surface area (Å²) < 4.78 is 15.6. The van der Waals surface area contributed by atoms with Crippen molar-refractivity contribution in [3.05, 3.63) is 59.8 Å².